The zero-order valence-corrected chi connectivity index (χ0v) is 16.0. The number of anilines is 1. The number of amides is 2. The van der Waals surface area contributed by atoms with E-state index in [1.165, 1.54) is 13.3 Å². The first-order valence-corrected chi connectivity index (χ1v) is 9.65. The van der Waals surface area contributed by atoms with Crippen LogP contribution in [0.3, 0.4) is 0 Å². The molecule has 0 saturated carbocycles. The average Bonchev–Trinajstić information content (AvgIpc) is 3.09. The van der Waals surface area contributed by atoms with Crippen molar-refractivity contribution in [2.75, 3.05) is 25.0 Å². The lowest BCUT2D eigenvalue weighted by molar-refractivity contribution is -0.114. The van der Waals surface area contributed by atoms with Crippen molar-refractivity contribution in [2.24, 2.45) is 11.8 Å². The number of carbonyl (C=O) groups is 2. The van der Waals surface area contributed by atoms with E-state index in [4.69, 9.17) is 0 Å². The number of rotatable bonds is 4. The van der Waals surface area contributed by atoms with Crippen molar-refractivity contribution in [3.8, 4) is 0 Å². The van der Waals surface area contributed by atoms with Crippen LogP contribution in [0.4, 0.5) is 5.69 Å². The minimum absolute atomic E-state index is 0.0971. The topological polar surface area (TPSA) is 73.5 Å². The first kappa shape index (κ1) is 18.9. The van der Waals surface area contributed by atoms with Gasteiger partial charge in [-0.1, -0.05) is 13.3 Å². The summed E-state index contributed by atoms with van der Waals surface area (Å²) in [5, 5.41) is 2.76. The van der Waals surface area contributed by atoms with Crippen molar-refractivity contribution in [3.63, 3.8) is 0 Å². The van der Waals surface area contributed by atoms with Gasteiger partial charge in [0.2, 0.25) is 5.91 Å². The Hall–Kier alpha value is -1.92. The molecular weight excluding hydrogens is 328 g/mol. The second-order valence-corrected chi connectivity index (χ2v) is 7.56. The lowest BCUT2D eigenvalue weighted by atomic mass is 9.82. The van der Waals surface area contributed by atoms with Gasteiger partial charge >= 0.3 is 0 Å². The predicted molar refractivity (Wildman–Crippen MR) is 103 cm³/mol. The summed E-state index contributed by atoms with van der Waals surface area (Å²) in [5.41, 5.74) is 9.10. The number of hydrogen-bond donors (Lipinski definition) is 3. The first-order valence-electron chi connectivity index (χ1n) is 9.65. The van der Waals surface area contributed by atoms with Crippen LogP contribution in [0.15, 0.2) is 18.2 Å². The lowest BCUT2D eigenvalue weighted by Gasteiger charge is -2.36. The minimum atomic E-state index is -0.106. The molecule has 0 spiro atoms. The maximum atomic E-state index is 12.9. The van der Waals surface area contributed by atoms with Crippen LogP contribution in [0.1, 0.15) is 49.0 Å². The molecule has 2 aliphatic rings. The molecule has 6 nitrogen and oxygen atoms in total. The van der Waals surface area contributed by atoms with Crippen molar-refractivity contribution in [2.45, 2.75) is 46.1 Å². The van der Waals surface area contributed by atoms with Crippen LogP contribution in [0.2, 0.25) is 0 Å². The molecule has 3 N–H and O–H groups in total. The summed E-state index contributed by atoms with van der Waals surface area (Å²) in [6.45, 7) is 8.32. The number of aryl methyl sites for hydroxylation is 1. The second-order valence-electron chi connectivity index (χ2n) is 7.56. The molecule has 0 radical (unpaired) electrons. The van der Waals surface area contributed by atoms with Gasteiger partial charge in [0, 0.05) is 43.9 Å². The molecule has 0 bridgehead atoms. The van der Waals surface area contributed by atoms with E-state index in [1.807, 2.05) is 24.0 Å². The molecule has 142 valence electrons. The highest BCUT2D eigenvalue weighted by atomic mass is 16.2. The Labute approximate surface area is 155 Å². The highest BCUT2D eigenvalue weighted by Crippen LogP contribution is 2.29. The fourth-order valence-electron chi connectivity index (χ4n) is 4.27. The van der Waals surface area contributed by atoms with Crippen molar-refractivity contribution < 1.29 is 9.59 Å². The summed E-state index contributed by atoms with van der Waals surface area (Å²) >= 11 is 0. The molecule has 2 fully saturated rings. The van der Waals surface area contributed by atoms with E-state index in [0.717, 1.165) is 49.3 Å². The van der Waals surface area contributed by atoms with E-state index in [2.05, 4.69) is 23.1 Å². The molecule has 2 unspecified atom stereocenters. The van der Waals surface area contributed by atoms with Gasteiger partial charge in [-0.25, -0.2) is 0 Å². The Balaban J connectivity index is 1.61. The van der Waals surface area contributed by atoms with E-state index < -0.39 is 0 Å². The zero-order chi connectivity index (χ0) is 18.7. The van der Waals surface area contributed by atoms with Crippen LogP contribution in [-0.4, -0.2) is 42.4 Å². The summed E-state index contributed by atoms with van der Waals surface area (Å²) < 4.78 is 0. The number of nitrogens with one attached hydrogen (secondary N) is 3. The van der Waals surface area contributed by atoms with Gasteiger partial charge in [0.25, 0.3) is 5.91 Å². The summed E-state index contributed by atoms with van der Waals surface area (Å²) in [5.74, 6) is 1.30. The first-order chi connectivity index (χ1) is 12.5. The monoisotopic (exact) mass is 358 g/mol. The van der Waals surface area contributed by atoms with Crippen LogP contribution in [-0.2, 0) is 4.79 Å². The molecule has 1 aromatic rings. The van der Waals surface area contributed by atoms with Crippen LogP contribution in [0.25, 0.3) is 0 Å². The van der Waals surface area contributed by atoms with Crippen LogP contribution in [0, 0.1) is 18.8 Å². The summed E-state index contributed by atoms with van der Waals surface area (Å²) in [6, 6.07) is 6.01. The Kier molecular flexibility index (Phi) is 5.94. The van der Waals surface area contributed by atoms with Gasteiger partial charge in [-0.2, -0.15) is 0 Å². The SMILES string of the molecule is CCC1CNNC1C1CCN(C(=O)c2ccc(NC(C)=O)cc2C)CC1. The van der Waals surface area contributed by atoms with Gasteiger partial charge in [-0.15, -0.1) is 0 Å². The van der Waals surface area contributed by atoms with Gasteiger partial charge in [0.05, 0.1) is 0 Å². The third-order valence-corrected chi connectivity index (χ3v) is 5.78. The Morgan fingerprint density at radius 1 is 1.27 bits per heavy atom. The molecule has 0 aliphatic carbocycles. The van der Waals surface area contributed by atoms with Crippen molar-refractivity contribution in [3.05, 3.63) is 29.3 Å². The number of carbonyl (C=O) groups excluding carboxylic acids is 2. The van der Waals surface area contributed by atoms with Crippen molar-refractivity contribution in [1.82, 2.24) is 15.8 Å². The third-order valence-electron chi connectivity index (χ3n) is 5.78. The number of likely N-dealkylation sites (tertiary alicyclic amines) is 1. The number of piperidine rings is 1. The van der Waals surface area contributed by atoms with E-state index >= 15 is 0 Å². The standard InChI is InChI=1S/C20H30N4O2/c1-4-15-12-21-23-19(15)16-7-9-24(10-8-16)20(26)18-6-5-17(11-13(18)2)22-14(3)25/h5-6,11,15-16,19,21,23H,4,7-10,12H2,1-3H3,(H,22,25). The molecule has 1 aromatic carbocycles. The van der Waals surface area contributed by atoms with Gasteiger partial charge < -0.3 is 10.2 Å². The molecule has 2 amide bonds. The van der Waals surface area contributed by atoms with Crippen molar-refractivity contribution >= 4 is 17.5 Å². The molecule has 26 heavy (non-hydrogen) atoms. The van der Waals surface area contributed by atoms with E-state index in [9.17, 15) is 9.59 Å². The molecule has 2 heterocycles. The van der Waals surface area contributed by atoms with Gasteiger partial charge in [-0.05, 0) is 55.4 Å². The van der Waals surface area contributed by atoms with Gasteiger partial charge in [-0.3, -0.25) is 20.4 Å². The molecule has 6 heteroatoms. The summed E-state index contributed by atoms with van der Waals surface area (Å²) in [4.78, 5) is 26.1. The molecule has 2 saturated heterocycles. The maximum Gasteiger partial charge on any atom is 0.254 e. The van der Waals surface area contributed by atoms with Crippen LogP contribution >= 0.6 is 0 Å². The second kappa shape index (κ2) is 8.18. The Bertz CT molecular complexity index is 668. The quantitative estimate of drug-likeness (QED) is 0.772. The molecular formula is C20H30N4O2. The normalized spacial score (nSPS) is 23.9. The largest absolute Gasteiger partial charge is 0.339 e. The maximum absolute atomic E-state index is 12.9. The fraction of sp³-hybridized carbons (Fsp3) is 0.600. The fourth-order valence-corrected chi connectivity index (χ4v) is 4.27. The highest BCUT2D eigenvalue weighted by Gasteiger charge is 2.35. The minimum Gasteiger partial charge on any atom is -0.339 e. The van der Waals surface area contributed by atoms with E-state index in [0.29, 0.717) is 17.9 Å². The summed E-state index contributed by atoms with van der Waals surface area (Å²) in [7, 11) is 0. The van der Waals surface area contributed by atoms with Crippen LogP contribution < -0.4 is 16.2 Å². The molecule has 0 aromatic heterocycles. The number of hydrazine groups is 1. The number of nitrogens with zero attached hydrogens (tertiary/aromatic N) is 1. The summed E-state index contributed by atoms with van der Waals surface area (Å²) in [6.07, 6.45) is 3.28. The smallest absolute Gasteiger partial charge is 0.254 e. The third kappa shape index (κ3) is 4.07. The van der Waals surface area contributed by atoms with Crippen LogP contribution in [0.5, 0.6) is 0 Å². The average molecular weight is 358 g/mol. The van der Waals surface area contributed by atoms with Gasteiger partial charge in [0.1, 0.15) is 0 Å². The zero-order valence-electron chi connectivity index (χ0n) is 16.0. The Morgan fingerprint density at radius 2 is 2.00 bits per heavy atom. The van der Waals surface area contributed by atoms with E-state index in [1.54, 1.807) is 6.07 Å². The predicted octanol–water partition coefficient (Wildman–Crippen LogP) is 2.31. The van der Waals surface area contributed by atoms with Crippen molar-refractivity contribution in [1.29, 1.82) is 0 Å². The number of hydrogen-bond acceptors (Lipinski definition) is 4. The number of benzene rings is 1. The lowest BCUT2D eigenvalue weighted by Crippen LogP contribution is -2.46. The molecule has 2 aliphatic heterocycles. The Morgan fingerprint density at radius 3 is 2.62 bits per heavy atom. The van der Waals surface area contributed by atoms with Gasteiger partial charge in [0.15, 0.2) is 0 Å². The molecule has 2 atom stereocenters. The molecule has 3 rings (SSSR count). The highest BCUT2D eigenvalue weighted by molar-refractivity contribution is 5.97. The van der Waals surface area contributed by atoms with E-state index in [-0.39, 0.29) is 11.8 Å².